The number of piperidine rings is 1. The average Bonchev–Trinajstić information content (AvgIpc) is 3.03. The van der Waals surface area contributed by atoms with Crippen LogP contribution in [0.5, 0.6) is 0 Å². The predicted molar refractivity (Wildman–Crippen MR) is 55.1 cm³/mol. The summed E-state index contributed by atoms with van der Waals surface area (Å²) in [7, 11) is 0. The Kier molecular flexibility index (Phi) is 4.22. The lowest BCUT2D eigenvalue weighted by Gasteiger charge is -2.22. The fourth-order valence-corrected chi connectivity index (χ4v) is 1.84. The predicted octanol–water partition coefficient (Wildman–Crippen LogP) is 1.39. The molecule has 3 nitrogen and oxygen atoms in total. The third-order valence-corrected chi connectivity index (χ3v) is 2.97. The summed E-state index contributed by atoms with van der Waals surface area (Å²) in [4.78, 5) is 0. The fourth-order valence-electron chi connectivity index (χ4n) is 1.84. The Labute approximate surface area is 86.2 Å². The summed E-state index contributed by atoms with van der Waals surface area (Å²) >= 11 is 0. The summed E-state index contributed by atoms with van der Waals surface area (Å²) in [5.74, 6) is 1.54. The molecule has 0 amide bonds. The van der Waals surface area contributed by atoms with Gasteiger partial charge in [0.1, 0.15) is 6.79 Å². The van der Waals surface area contributed by atoms with Gasteiger partial charge in [0.2, 0.25) is 0 Å². The van der Waals surface area contributed by atoms with Crippen LogP contribution in [-0.4, -0.2) is 33.1 Å². The van der Waals surface area contributed by atoms with Crippen LogP contribution in [-0.2, 0) is 9.47 Å². The maximum Gasteiger partial charge on any atom is 0.146 e. The van der Waals surface area contributed by atoms with E-state index >= 15 is 0 Å². The van der Waals surface area contributed by atoms with Gasteiger partial charge < -0.3 is 14.8 Å². The first-order valence-corrected chi connectivity index (χ1v) is 5.81. The molecule has 0 aromatic heterocycles. The van der Waals surface area contributed by atoms with Crippen molar-refractivity contribution in [2.75, 3.05) is 33.1 Å². The molecule has 82 valence electrons. The van der Waals surface area contributed by atoms with E-state index in [0.717, 1.165) is 25.7 Å². The zero-order valence-electron chi connectivity index (χ0n) is 8.84. The Morgan fingerprint density at radius 2 is 1.79 bits per heavy atom. The van der Waals surface area contributed by atoms with E-state index in [1.54, 1.807) is 0 Å². The molecule has 2 rings (SSSR count). The fraction of sp³-hybridized carbons (Fsp3) is 1.00. The van der Waals surface area contributed by atoms with Gasteiger partial charge in [0.15, 0.2) is 0 Å². The summed E-state index contributed by atoms with van der Waals surface area (Å²) < 4.78 is 10.9. The zero-order valence-corrected chi connectivity index (χ0v) is 8.84. The normalized spacial score (nSPS) is 27.9. The van der Waals surface area contributed by atoms with Crippen molar-refractivity contribution in [1.82, 2.24) is 5.32 Å². The van der Waals surface area contributed by atoms with Crippen LogP contribution in [0.1, 0.15) is 25.7 Å². The number of rotatable bonds is 6. The van der Waals surface area contributed by atoms with Crippen LogP contribution in [0.25, 0.3) is 0 Å². The first-order chi connectivity index (χ1) is 6.95. The number of hydrogen-bond donors (Lipinski definition) is 1. The minimum Gasteiger partial charge on any atom is -0.355 e. The van der Waals surface area contributed by atoms with Crippen molar-refractivity contribution in [3.05, 3.63) is 0 Å². The average molecular weight is 199 g/mol. The van der Waals surface area contributed by atoms with Gasteiger partial charge in [0.25, 0.3) is 0 Å². The molecule has 0 aromatic carbocycles. The van der Waals surface area contributed by atoms with Crippen LogP contribution in [0.2, 0.25) is 0 Å². The highest BCUT2D eigenvalue weighted by Crippen LogP contribution is 2.28. The summed E-state index contributed by atoms with van der Waals surface area (Å²) in [5, 5.41) is 3.38. The van der Waals surface area contributed by atoms with Crippen molar-refractivity contribution < 1.29 is 9.47 Å². The van der Waals surface area contributed by atoms with Gasteiger partial charge in [-0.25, -0.2) is 0 Å². The quantitative estimate of drug-likeness (QED) is 0.518. The summed E-state index contributed by atoms with van der Waals surface area (Å²) in [5.41, 5.74) is 0. The van der Waals surface area contributed by atoms with E-state index in [4.69, 9.17) is 9.47 Å². The van der Waals surface area contributed by atoms with Crippen molar-refractivity contribution in [3.63, 3.8) is 0 Å². The Balaban J connectivity index is 1.41. The molecule has 2 aliphatic rings. The Morgan fingerprint density at radius 3 is 2.43 bits per heavy atom. The van der Waals surface area contributed by atoms with Crippen molar-refractivity contribution in [2.45, 2.75) is 25.7 Å². The molecule has 1 aliphatic carbocycles. The van der Waals surface area contributed by atoms with E-state index in [-0.39, 0.29) is 0 Å². The smallest absolute Gasteiger partial charge is 0.146 e. The minimum absolute atomic E-state index is 0.493. The van der Waals surface area contributed by atoms with Gasteiger partial charge >= 0.3 is 0 Å². The van der Waals surface area contributed by atoms with Gasteiger partial charge in [0.05, 0.1) is 13.2 Å². The third-order valence-electron chi connectivity index (χ3n) is 2.97. The van der Waals surface area contributed by atoms with Crippen LogP contribution in [0.4, 0.5) is 0 Å². The van der Waals surface area contributed by atoms with E-state index in [2.05, 4.69) is 5.32 Å². The van der Waals surface area contributed by atoms with Crippen LogP contribution >= 0.6 is 0 Å². The second-order valence-electron chi connectivity index (χ2n) is 4.52. The van der Waals surface area contributed by atoms with Gasteiger partial charge in [-0.3, -0.25) is 0 Å². The molecule has 1 saturated heterocycles. The molecule has 2 fully saturated rings. The van der Waals surface area contributed by atoms with E-state index in [9.17, 15) is 0 Å². The van der Waals surface area contributed by atoms with Gasteiger partial charge in [-0.2, -0.15) is 0 Å². The molecule has 1 aliphatic heterocycles. The molecule has 1 heterocycles. The molecule has 0 bridgehead atoms. The van der Waals surface area contributed by atoms with E-state index in [1.807, 2.05) is 0 Å². The maximum atomic E-state index is 5.49. The Bertz CT molecular complexity index is 153. The Hall–Kier alpha value is -0.120. The summed E-state index contributed by atoms with van der Waals surface area (Å²) in [6.45, 7) is 4.55. The number of ether oxygens (including phenoxy) is 2. The highest BCUT2D eigenvalue weighted by molar-refractivity contribution is 4.71. The first kappa shape index (κ1) is 10.4. The Morgan fingerprint density at radius 1 is 1.00 bits per heavy atom. The van der Waals surface area contributed by atoms with Gasteiger partial charge in [-0.1, -0.05) is 0 Å². The van der Waals surface area contributed by atoms with Gasteiger partial charge in [-0.15, -0.1) is 0 Å². The molecule has 0 spiro atoms. The van der Waals surface area contributed by atoms with Crippen molar-refractivity contribution in [2.24, 2.45) is 11.8 Å². The van der Waals surface area contributed by atoms with E-state index in [1.165, 1.54) is 32.2 Å². The van der Waals surface area contributed by atoms with Crippen LogP contribution in [0.3, 0.4) is 0 Å². The monoisotopic (exact) mass is 199 g/mol. The molecule has 0 aromatic rings. The van der Waals surface area contributed by atoms with E-state index < -0.39 is 0 Å². The summed E-state index contributed by atoms with van der Waals surface area (Å²) in [6, 6.07) is 0. The lowest BCUT2D eigenvalue weighted by Crippen LogP contribution is -2.32. The first-order valence-electron chi connectivity index (χ1n) is 5.81. The second kappa shape index (κ2) is 5.69. The van der Waals surface area contributed by atoms with Gasteiger partial charge in [-0.05, 0) is 44.1 Å². The second-order valence-corrected chi connectivity index (χ2v) is 4.52. The minimum atomic E-state index is 0.493. The molecular formula is C11H21NO2. The molecule has 1 N–H and O–H groups in total. The highest BCUT2D eigenvalue weighted by atomic mass is 16.7. The molecule has 14 heavy (non-hydrogen) atoms. The molecular weight excluding hydrogens is 178 g/mol. The lowest BCUT2D eigenvalue weighted by molar-refractivity contribution is -0.0690. The highest BCUT2D eigenvalue weighted by Gasteiger charge is 2.21. The molecule has 1 saturated carbocycles. The third kappa shape index (κ3) is 3.95. The standard InChI is InChI=1S/C11H21NO2/c1-2-11(6-12-5-1)8-14-9-13-7-10-3-4-10/h10-12H,1-9H2. The molecule has 0 radical (unpaired) electrons. The lowest BCUT2D eigenvalue weighted by atomic mass is 10.0. The van der Waals surface area contributed by atoms with E-state index in [0.29, 0.717) is 12.7 Å². The largest absolute Gasteiger partial charge is 0.355 e. The van der Waals surface area contributed by atoms with Crippen molar-refractivity contribution in [1.29, 1.82) is 0 Å². The van der Waals surface area contributed by atoms with Crippen molar-refractivity contribution >= 4 is 0 Å². The molecule has 3 heteroatoms. The molecule has 1 atom stereocenters. The SMILES string of the molecule is C1CNCC(COCOCC2CC2)C1. The van der Waals surface area contributed by atoms with Crippen LogP contribution in [0.15, 0.2) is 0 Å². The molecule has 1 unspecified atom stereocenters. The topological polar surface area (TPSA) is 30.5 Å². The number of hydrogen-bond acceptors (Lipinski definition) is 3. The van der Waals surface area contributed by atoms with Crippen LogP contribution in [0, 0.1) is 11.8 Å². The maximum absolute atomic E-state index is 5.49. The van der Waals surface area contributed by atoms with Crippen LogP contribution < -0.4 is 5.32 Å². The van der Waals surface area contributed by atoms with Crippen molar-refractivity contribution in [3.8, 4) is 0 Å². The number of nitrogens with one attached hydrogen (secondary N) is 1. The zero-order chi connectivity index (χ0) is 9.64. The summed E-state index contributed by atoms with van der Waals surface area (Å²) in [6.07, 6.45) is 5.30. The van der Waals surface area contributed by atoms with Gasteiger partial charge in [0, 0.05) is 6.54 Å².